The zero-order chi connectivity index (χ0) is 13.1. The molecule has 108 valence electrons. The summed E-state index contributed by atoms with van der Waals surface area (Å²) >= 11 is 0. The Kier molecular flexibility index (Phi) is 2.82. The monoisotopic (exact) mass is 261 g/mol. The molecule has 5 fully saturated rings. The van der Waals surface area contributed by atoms with E-state index in [1.165, 1.54) is 32.1 Å². The molecule has 0 amide bonds. The van der Waals surface area contributed by atoms with Crippen molar-refractivity contribution in [2.24, 2.45) is 28.6 Å². The summed E-state index contributed by atoms with van der Waals surface area (Å²) in [5, 5.41) is 3.78. The molecule has 0 aromatic carbocycles. The average molecular weight is 261 g/mol. The van der Waals surface area contributed by atoms with Crippen LogP contribution in [0.25, 0.3) is 0 Å². The van der Waals surface area contributed by atoms with Gasteiger partial charge in [-0.15, -0.1) is 0 Å². The van der Waals surface area contributed by atoms with Crippen LogP contribution >= 0.6 is 0 Å². The Balaban J connectivity index is 1.57. The summed E-state index contributed by atoms with van der Waals surface area (Å²) < 4.78 is 0. The predicted molar refractivity (Wildman–Crippen MR) is 80.0 cm³/mol. The third kappa shape index (κ3) is 1.99. The first-order valence-electron chi connectivity index (χ1n) is 8.78. The van der Waals surface area contributed by atoms with Gasteiger partial charge in [0.2, 0.25) is 0 Å². The number of rotatable bonds is 4. The van der Waals surface area contributed by atoms with E-state index >= 15 is 0 Å². The summed E-state index contributed by atoms with van der Waals surface area (Å²) in [6.07, 6.45) is 15.3. The van der Waals surface area contributed by atoms with Gasteiger partial charge >= 0.3 is 0 Å². The van der Waals surface area contributed by atoms with E-state index in [9.17, 15) is 0 Å². The van der Waals surface area contributed by atoms with Crippen LogP contribution in [0.4, 0.5) is 0 Å². The van der Waals surface area contributed by atoms with E-state index < -0.39 is 0 Å². The summed E-state index contributed by atoms with van der Waals surface area (Å²) in [7, 11) is 2.24. The van der Waals surface area contributed by atoms with E-state index in [0.29, 0.717) is 10.8 Å². The molecule has 0 saturated heterocycles. The zero-order valence-corrected chi connectivity index (χ0v) is 12.9. The van der Waals surface area contributed by atoms with E-state index in [-0.39, 0.29) is 0 Å². The normalized spacial score (nSPS) is 50.2. The van der Waals surface area contributed by atoms with E-state index in [1.807, 2.05) is 0 Å². The van der Waals surface area contributed by atoms with Gasteiger partial charge in [0.05, 0.1) is 0 Å². The first-order valence-corrected chi connectivity index (χ1v) is 8.78. The molecule has 0 aromatic heterocycles. The molecule has 0 aromatic rings. The molecule has 5 rings (SSSR count). The van der Waals surface area contributed by atoms with Gasteiger partial charge < -0.3 is 5.32 Å². The lowest BCUT2D eigenvalue weighted by molar-refractivity contribution is -0.121. The molecule has 0 aliphatic heterocycles. The van der Waals surface area contributed by atoms with Crippen LogP contribution < -0.4 is 5.32 Å². The molecule has 4 bridgehead atoms. The highest BCUT2D eigenvalue weighted by atomic mass is 14.9. The fourth-order valence-electron chi connectivity index (χ4n) is 6.94. The van der Waals surface area contributed by atoms with E-state index in [0.717, 1.165) is 23.8 Å². The fourth-order valence-corrected chi connectivity index (χ4v) is 6.94. The molecule has 5 saturated carbocycles. The molecule has 5 aliphatic carbocycles. The highest BCUT2D eigenvalue weighted by Gasteiger charge is 2.58. The molecule has 3 atom stereocenters. The van der Waals surface area contributed by atoms with E-state index in [1.54, 1.807) is 32.1 Å². The van der Waals surface area contributed by atoms with Crippen LogP contribution in [0.2, 0.25) is 0 Å². The summed E-state index contributed by atoms with van der Waals surface area (Å²) in [5.41, 5.74) is 1.39. The van der Waals surface area contributed by atoms with Crippen molar-refractivity contribution in [2.75, 3.05) is 7.05 Å². The lowest BCUT2D eigenvalue weighted by atomic mass is 9.42. The minimum atomic E-state index is 0.684. The summed E-state index contributed by atoms with van der Waals surface area (Å²) in [6.45, 7) is 2.61. The number of hydrogen-bond donors (Lipinski definition) is 1. The van der Waals surface area contributed by atoms with Gasteiger partial charge in [0.25, 0.3) is 0 Å². The molecule has 0 radical (unpaired) electrons. The first-order chi connectivity index (χ1) is 9.11. The Labute approximate surface area is 118 Å². The predicted octanol–water partition coefficient (Wildman–Crippen LogP) is 4.37. The largest absolute Gasteiger partial charge is 0.316 e. The summed E-state index contributed by atoms with van der Waals surface area (Å²) in [5.74, 6) is 3.20. The van der Waals surface area contributed by atoms with Gasteiger partial charge in [-0.1, -0.05) is 26.2 Å². The second-order valence-electron chi connectivity index (χ2n) is 9.01. The lowest BCUT2D eigenvalue weighted by Crippen LogP contribution is -2.58. The Morgan fingerprint density at radius 2 is 1.79 bits per heavy atom. The smallest absolute Gasteiger partial charge is 0.0124 e. The van der Waals surface area contributed by atoms with Crippen LogP contribution in [-0.2, 0) is 0 Å². The van der Waals surface area contributed by atoms with Gasteiger partial charge in [0, 0.05) is 6.04 Å². The third-order valence-corrected chi connectivity index (χ3v) is 7.28. The second-order valence-corrected chi connectivity index (χ2v) is 9.01. The topological polar surface area (TPSA) is 12.0 Å². The minimum Gasteiger partial charge on any atom is -0.316 e. The molecule has 3 unspecified atom stereocenters. The quantitative estimate of drug-likeness (QED) is 0.792. The minimum absolute atomic E-state index is 0.684. The highest BCUT2D eigenvalue weighted by Crippen LogP contribution is 2.66. The zero-order valence-electron chi connectivity index (χ0n) is 12.9. The van der Waals surface area contributed by atoms with Crippen molar-refractivity contribution < 1.29 is 0 Å². The molecule has 1 heteroatoms. The average Bonchev–Trinajstić information content (AvgIpc) is 2.23. The molecule has 0 heterocycles. The van der Waals surface area contributed by atoms with Gasteiger partial charge in [-0.25, -0.2) is 0 Å². The van der Waals surface area contributed by atoms with E-state index in [4.69, 9.17) is 0 Å². The standard InChI is InChI=1S/C18H31N/c1-17-8-14-6-15(9-17)11-18(10-14,12-17)16(19-2)7-13-4-3-5-13/h13-16,19H,3-12H2,1-2H3. The fraction of sp³-hybridized carbons (Fsp3) is 1.00. The molecule has 1 nitrogen and oxygen atoms in total. The van der Waals surface area contributed by atoms with Crippen LogP contribution in [0.1, 0.15) is 71.1 Å². The number of nitrogens with one attached hydrogen (secondary N) is 1. The van der Waals surface area contributed by atoms with Crippen molar-refractivity contribution in [2.45, 2.75) is 77.2 Å². The van der Waals surface area contributed by atoms with Crippen LogP contribution in [-0.4, -0.2) is 13.1 Å². The van der Waals surface area contributed by atoms with E-state index in [2.05, 4.69) is 19.3 Å². The second kappa shape index (κ2) is 4.23. The maximum absolute atomic E-state index is 3.78. The van der Waals surface area contributed by atoms with Gasteiger partial charge in [0.1, 0.15) is 0 Å². The Morgan fingerprint density at radius 3 is 2.26 bits per heavy atom. The molecule has 1 N–H and O–H groups in total. The van der Waals surface area contributed by atoms with Crippen LogP contribution in [0.3, 0.4) is 0 Å². The highest BCUT2D eigenvalue weighted by molar-refractivity contribution is 5.10. The first kappa shape index (κ1) is 12.7. The summed E-state index contributed by atoms with van der Waals surface area (Å²) in [4.78, 5) is 0. The maximum atomic E-state index is 3.78. The number of hydrogen-bond acceptors (Lipinski definition) is 1. The molecular weight excluding hydrogens is 230 g/mol. The maximum Gasteiger partial charge on any atom is 0.0124 e. The van der Waals surface area contributed by atoms with Gasteiger partial charge in [-0.3, -0.25) is 0 Å². The third-order valence-electron chi connectivity index (χ3n) is 7.28. The van der Waals surface area contributed by atoms with Crippen molar-refractivity contribution in [1.82, 2.24) is 5.32 Å². The van der Waals surface area contributed by atoms with Crippen molar-refractivity contribution in [3.05, 3.63) is 0 Å². The van der Waals surface area contributed by atoms with Gasteiger partial charge in [0.15, 0.2) is 0 Å². The van der Waals surface area contributed by atoms with Crippen molar-refractivity contribution in [3.8, 4) is 0 Å². The van der Waals surface area contributed by atoms with Crippen molar-refractivity contribution >= 4 is 0 Å². The SMILES string of the molecule is CNC(CC1CCC1)C12CC3CC(CC(C)(C3)C1)C2. The molecular formula is C18H31N. The Morgan fingerprint density at radius 1 is 1.11 bits per heavy atom. The van der Waals surface area contributed by atoms with Gasteiger partial charge in [-0.05, 0) is 80.6 Å². The summed E-state index contributed by atoms with van der Waals surface area (Å²) in [6, 6.07) is 0.822. The molecule has 19 heavy (non-hydrogen) atoms. The van der Waals surface area contributed by atoms with Gasteiger partial charge in [-0.2, -0.15) is 0 Å². The van der Waals surface area contributed by atoms with Crippen molar-refractivity contribution in [3.63, 3.8) is 0 Å². The van der Waals surface area contributed by atoms with Crippen molar-refractivity contribution in [1.29, 1.82) is 0 Å². The van der Waals surface area contributed by atoms with Crippen LogP contribution in [0.5, 0.6) is 0 Å². The molecule has 5 aliphatic rings. The Hall–Kier alpha value is -0.0400. The van der Waals surface area contributed by atoms with Crippen LogP contribution in [0.15, 0.2) is 0 Å². The molecule has 0 spiro atoms. The Bertz CT molecular complexity index is 343. The lowest BCUT2D eigenvalue weighted by Gasteiger charge is -2.64. The van der Waals surface area contributed by atoms with Crippen LogP contribution in [0, 0.1) is 28.6 Å².